The molecule has 0 aliphatic carbocycles. The first-order valence-electron chi connectivity index (χ1n) is 7.28. The number of pyridine rings is 1. The second-order valence-electron chi connectivity index (χ2n) is 6.30. The highest BCUT2D eigenvalue weighted by atomic mass is 19.4. The van der Waals surface area contributed by atoms with Gasteiger partial charge in [-0.2, -0.15) is 13.2 Å². The molecule has 0 unspecified atom stereocenters. The molecule has 7 heteroatoms. The molecule has 2 N–H and O–H groups in total. The van der Waals surface area contributed by atoms with Crippen LogP contribution in [0, 0.1) is 5.41 Å². The molecule has 0 saturated carbocycles. The molecule has 1 aromatic heterocycles. The zero-order valence-corrected chi connectivity index (χ0v) is 13.5. The van der Waals surface area contributed by atoms with Crippen LogP contribution >= 0.6 is 0 Å². The lowest BCUT2D eigenvalue weighted by atomic mass is 9.96. The Hall–Kier alpha value is -2.57. The molecule has 0 aliphatic heterocycles. The quantitative estimate of drug-likeness (QED) is 0.843. The van der Waals surface area contributed by atoms with E-state index in [1.807, 2.05) is 0 Å². The average molecular weight is 337 g/mol. The van der Waals surface area contributed by atoms with Crippen LogP contribution in [0.2, 0.25) is 0 Å². The average Bonchev–Trinajstić information content (AvgIpc) is 2.48. The summed E-state index contributed by atoms with van der Waals surface area (Å²) in [5.41, 5.74) is -0.988. The molecule has 24 heavy (non-hydrogen) atoms. The zero-order valence-electron chi connectivity index (χ0n) is 13.5. The second kappa shape index (κ2) is 6.51. The summed E-state index contributed by atoms with van der Waals surface area (Å²) in [5.74, 6) is 0.141. The predicted molar refractivity (Wildman–Crippen MR) is 87.0 cm³/mol. The highest BCUT2D eigenvalue weighted by Crippen LogP contribution is 2.35. The van der Waals surface area contributed by atoms with Gasteiger partial charge in [-0.1, -0.05) is 32.9 Å². The van der Waals surface area contributed by atoms with Gasteiger partial charge in [-0.15, -0.1) is 0 Å². The third-order valence-corrected chi connectivity index (χ3v) is 3.20. The molecule has 0 saturated heterocycles. The third kappa shape index (κ3) is 4.47. The molecule has 2 rings (SSSR count). The van der Waals surface area contributed by atoms with Crippen LogP contribution < -0.4 is 10.6 Å². The number of halogens is 3. The molecule has 128 valence electrons. The van der Waals surface area contributed by atoms with Crippen LogP contribution in [-0.2, 0) is 11.0 Å². The van der Waals surface area contributed by atoms with Gasteiger partial charge in [0.25, 0.3) is 0 Å². The summed E-state index contributed by atoms with van der Waals surface area (Å²) >= 11 is 0. The van der Waals surface area contributed by atoms with E-state index < -0.39 is 17.2 Å². The summed E-state index contributed by atoms with van der Waals surface area (Å²) < 4.78 is 38.9. The fourth-order valence-electron chi connectivity index (χ4n) is 1.84. The van der Waals surface area contributed by atoms with Crippen LogP contribution in [0.15, 0.2) is 42.6 Å². The van der Waals surface area contributed by atoms with Crippen LogP contribution in [0.25, 0.3) is 0 Å². The highest BCUT2D eigenvalue weighted by molar-refractivity contribution is 5.93. The molecule has 0 atom stereocenters. The van der Waals surface area contributed by atoms with E-state index in [-0.39, 0.29) is 11.6 Å². The summed E-state index contributed by atoms with van der Waals surface area (Å²) in [5, 5.41) is 5.35. The summed E-state index contributed by atoms with van der Waals surface area (Å²) in [6.45, 7) is 5.31. The fraction of sp³-hybridized carbons (Fsp3) is 0.294. The van der Waals surface area contributed by atoms with Crippen LogP contribution in [0.4, 0.5) is 30.4 Å². The standard InChI is InChI=1S/C17H18F3N3O/c1-16(2,3)15(24)23-14-9-8-11(10-21-14)22-13-7-5-4-6-12(13)17(18,19)20/h4-10,22H,1-3H3,(H,21,23,24). The predicted octanol–water partition coefficient (Wildman–Crippen LogP) is 4.83. The summed E-state index contributed by atoms with van der Waals surface area (Å²) in [7, 11) is 0. The Bertz CT molecular complexity index is 719. The van der Waals surface area contributed by atoms with Crippen LogP contribution in [0.1, 0.15) is 26.3 Å². The van der Waals surface area contributed by atoms with Gasteiger partial charge in [0.15, 0.2) is 0 Å². The number of nitrogens with zero attached hydrogens (tertiary/aromatic N) is 1. The molecule has 1 amide bonds. The van der Waals surface area contributed by atoms with Gasteiger partial charge in [0.05, 0.1) is 23.1 Å². The third-order valence-electron chi connectivity index (χ3n) is 3.20. The molecule has 0 aliphatic rings. The Balaban J connectivity index is 2.15. The molecule has 1 aromatic carbocycles. The van der Waals surface area contributed by atoms with Gasteiger partial charge in [0.2, 0.25) is 5.91 Å². The van der Waals surface area contributed by atoms with Gasteiger partial charge < -0.3 is 10.6 Å². The van der Waals surface area contributed by atoms with E-state index >= 15 is 0 Å². The highest BCUT2D eigenvalue weighted by Gasteiger charge is 2.33. The van der Waals surface area contributed by atoms with E-state index in [9.17, 15) is 18.0 Å². The number of alkyl halides is 3. The van der Waals surface area contributed by atoms with Gasteiger partial charge in [-0.05, 0) is 24.3 Å². The van der Waals surface area contributed by atoms with E-state index in [0.29, 0.717) is 11.5 Å². The van der Waals surface area contributed by atoms with Crippen molar-refractivity contribution in [3.63, 3.8) is 0 Å². The topological polar surface area (TPSA) is 54.0 Å². The maximum atomic E-state index is 13.0. The first-order chi connectivity index (χ1) is 11.1. The van der Waals surface area contributed by atoms with Crippen molar-refractivity contribution in [3.05, 3.63) is 48.2 Å². The number of hydrogen-bond acceptors (Lipinski definition) is 3. The molecule has 2 aromatic rings. The number of aromatic nitrogens is 1. The van der Waals surface area contributed by atoms with E-state index in [2.05, 4.69) is 15.6 Å². The number of nitrogens with one attached hydrogen (secondary N) is 2. The molecule has 0 bridgehead atoms. The minimum atomic E-state index is -4.45. The summed E-state index contributed by atoms with van der Waals surface area (Å²) in [4.78, 5) is 15.9. The summed E-state index contributed by atoms with van der Waals surface area (Å²) in [6, 6.07) is 8.28. The van der Waals surface area contributed by atoms with Gasteiger partial charge >= 0.3 is 6.18 Å². The molecule has 0 radical (unpaired) electrons. The lowest BCUT2D eigenvalue weighted by Gasteiger charge is -2.17. The normalized spacial score (nSPS) is 11.9. The van der Waals surface area contributed by atoms with Crippen molar-refractivity contribution in [3.8, 4) is 0 Å². The van der Waals surface area contributed by atoms with Crippen molar-refractivity contribution < 1.29 is 18.0 Å². The minimum absolute atomic E-state index is 0.0572. The van der Waals surface area contributed by atoms with Crippen molar-refractivity contribution in [1.29, 1.82) is 0 Å². The van der Waals surface area contributed by atoms with Gasteiger partial charge in [0, 0.05) is 5.41 Å². The van der Waals surface area contributed by atoms with Crippen molar-refractivity contribution in [2.45, 2.75) is 26.9 Å². The first kappa shape index (κ1) is 17.8. The Labute approximate surface area is 138 Å². The monoisotopic (exact) mass is 337 g/mol. The summed E-state index contributed by atoms with van der Waals surface area (Å²) in [6.07, 6.45) is -3.08. The van der Waals surface area contributed by atoms with E-state index in [1.54, 1.807) is 26.8 Å². The van der Waals surface area contributed by atoms with Crippen LogP contribution in [-0.4, -0.2) is 10.9 Å². The lowest BCUT2D eigenvalue weighted by molar-refractivity contribution is -0.137. The zero-order chi connectivity index (χ0) is 18.0. The van der Waals surface area contributed by atoms with E-state index in [4.69, 9.17) is 0 Å². The SMILES string of the molecule is CC(C)(C)C(=O)Nc1ccc(Nc2ccccc2C(F)(F)F)cn1. The maximum absolute atomic E-state index is 13.0. The van der Waals surface area contributed by atoms with Gasteiger partial charge in [-0.25, -0.2) is 4.98 Å². The van der Waals surface area contributed by atoms with Crippen molar-refractivity contribution in [2.24, 2.45) is 5.41 Å². The molecular weight excluding hydrogens is 319 g/mol. The Morgan fingerprint density at radius 3 is 2.25 bits per heavy atom. The number of carbonyl (C=O) groups is 1. The Morgan fingerprint density at radius 1 is 1.04 bits per heavy atom. The molecular formula is C17H18F3N3O. The van der Waals surface area contributed by atoms with Crippen molar-refractivity contribution in [2.75, 3.05) is 10.6 Å². The molecule has 0 fully saturated rings. The lowest BCUT2D eigenvalue weighted by Crippen LogP contribution is -2.27. The fourth-order valence-corrected chi connectivity index (χ4v) is 1.84. The largest absolute Gasteiger partial charge is 0.418 e. The van der Waals surface area contributed by atoms with Crippen LogP contribution in [0.5, 0.6) is 0 Å². The van der Waals surface area contributed by atoms with Gasteiger partial charge in [0.1, 0.15) is 5.82 Å². The minimum Gasteiger partial charge on any atom is -0.354 e. The molecule has 1 heterocycles. The van der Waals surface area contributed by atoms with Crippen molar-refractivity contribution in [1.82, 2.24) is 4.98 Å². The number of hydrogen-bond donors (Lipinski definition) is 2. The Kier molecular flexibility index (Phi) is 4.82. The molecule has 0 spiro atoms. The second-order valence-corrected chi connectivity index (χ2v) is 6.30. The number of benzene rings is 1. The number of carbonyl (C=O) groups excluding carboxylic acids is 1. The van der Waals surface area contributed by atoms with Gasteiger partial charge in [-0.3, -0.25) is 4.79 Å². The van der Waals surface area contributed by atoms with Crippen LogP contribution in [0.3, 0.4) is 0 Å². The number of amides is 1. The number of rotatable bonds is 3. The molecule has 4 nitrogen and oxygen atoms in total. The number of para-hydroxylation sites is 1. The smallest absolute Gasteiger partial charge is 0.354 e. The van der Waals surface area contributed by atoms with Crippen molar-refractivity contribution >= 4 is 23.1 Å². The number of anilines is 3. The first-order valence-corrected chi connectivity index (χ1v) is 7.28. The maximum Gasteiger partial charge on any atom is 0.418 e. The van der Waals surface area contributed by atoms with E-state index in [0.717, 1.165) is 6.07 Å². The Morgan fingerprint density at radius 2 is 1.71 bits per heavy atom. The van der Waals surface area contributed by atoms with E-state index in [1.165, 1.54) is 30.5 Å².